The van der Waals surface area contributed by atoms with E-state index in [1.54, 1.807) is 0 Å². The highest BCUT2D eigenvalue weighted by molar-refractivity contribution is 6.20. The SMILES string of the molecule is CCCCCCC(Cl)c1ccc(C(C)(C)C)cc1. The van der Waals surface area contributed by atoms with E-state index in [4.69, 9.17) is 11.6 Å². The highest BCUT2D eigenvalue weighted by Gasteiger charge is 2.14. The third-order valence-corrected chi connectivity index (χ3v) is 3.92. The highest BCUT2D eigenvalue weighted by atomic mass is 35.5. The topological polar surface area (TPSA) is 0 Å². The zero-order chi connectivity index (χ0) is 13.6. The van der Waals surface area contributed by atoms with Gasteiger partial charge in [0.15, 0.2) is 0 Å². The van der Waals surface area contributed by atoms with Crippen molar-refractivity contribution in [3.63, 3.8) is 0 Å². The van der Waals surface area contributed by atoms with Crippen molar-refractivity contribution in [2.75, 3.05) is 0 Å². The molecule has 0 aromatic heterocycles. The van der Waals surface area contributed by atoms with E-state index in [-0.39, 0.29) is 10.8 Å². The average Bonchev–Trinajstić information content (AvgIpc) is 2.33. The number of halogens is 1. The van der Waals surface area contributed by atoms with Gasteiger partial charge < -0.3 is 0 Å². The van der Waals surface area contributed by atoms with E-state index in [9.17, 15) is 0 Å². The second kappa shape index (κ2) is 7.19. The minimum Gasteiger partial charge on any atom is -0.118 e. The second-order valence-corrected chi connectivity index (χ2v) is 6.72. The van der Waals surface area contributed by atoms with E-state index in [0.717, 1.165) is 6.42 Å². The summed E-state index contributed by atoms with van der Waals surface area (Å²) in [5, 5.41) is 0.177. The molecule has 18 heavy (non-hydrogen) atoms. The Morgan fingerprint density at radius 3 is 2.11 bits per heavy atom. The summed E-state index contributed by atoms with van der Waals surface area (Å²) in [6, 6.07) is 8.82. The molecule has 102 valence electrons. The van der Waals surface area contributed by atoms with E-state index in [1.165, 1.54) is 36.8 Å². The molecule has 1 aromatic rings. The fourth-order valence-corrected chi connectivity index (χ4v) is 2.41. The first-order valence-corrected chi connectivity index (χ1v) is 7.63. The van der Waals surface area contributed by atoms with Crippen LogP contribution < -0.4 is 0 Å². The Kier molecular flexibility index (Phi) is 6.21. The van der Waals surface area contributed by atoms with Crippen molar-refractivity contribution in [2.45, 2.75) is 70.6 Å². The lowest BCUT2D eigenvalue weighted by atomic mass is 9.86. The lowest BCUT2D eigenvalue weighted by Crippen LogP contribution is -2.10. The van der Waals surface area contributed by atoms with Crippen LogP contribution in [0.4, 0.5) is 0 Å². The van der Waals surface area contributed by atoms with Crippen LogP contribution >= 0.6 is 11.6 Å². The molecule has 0 nitrogen and oxygen atoms in total. The zero-order valence-corrected chi connectivity index (χ0v) is 13.1. The van der Waals surface area contributed by atoms with Gasteiger partial charge in [-0.2, -0.15) is 0 Å². The molecule has 0 fully saturated rings. The van der Waals surface area contributed by atoms with E-state index in [1.807, 2.05) is 0 Å². The van der Waals surface area contributed by atoms with Gasteiger partial charge in [-0.1, -0.05) is 77.6 Å². The van der Waals surface area contributed by atoms with Crippen LogP contribution in [0.25, 0.3) is 0 Å². The van der Waals surface area contributed by atoms with Gasteiger partial charge >= 0.3 is 0 Å². The van der Waals surface area contributed by atoms with Crippen molar-refractivity contribution in [3.05, 3.63) is 35.4 Å². The van der Waals surface area contributed by atoms with Crippen molar-refractivity contribution in [2.24, 2.45) is 0 Å². The van der Waals surface area contributed by atoms with Gasteiger partial charge in [0.1, 0.15) is 0 Å². The molecule has 0 aliphatic heterocycles. The van der Waals surface area contributed by atoms with Gasteiger partial charge in [-0.05, 0) is 23.0 Å². The van der Waals surface area contributed by atoms with Crippen LogP contribution in [0, 0.1) is 0 Å². The monoisotopic (exact) mass is 266 g/mol. The first-order chi connectivity index (χ1) is 8.45. The summed E-state index contributed by atoms with van der Waals surface area (Å²) in [5.74, 6) is 0. The van der Waals surface area contributed by atoms with Gasteiger partial charge in [-0.3, -0.25) is 0 Å². The van der Waals surface area contributed by atoms with Crippen LogP contribution in [0.15, 0.2) is 24.3 Å². The quantitative estimate of drug-likeness (QED) is 0.423. The standard InChI is InChI=1S/C17H27Cl/c1-5-6-7-8-9-16(18)14-10-12-15(13-11-14)17(2,3)4/h10-13,16H,5-9H2,1-4H3. The molecule has 0 aliphatic carbocycles. The first-order valence-electron chi connectivity index (χ1n) is 7.19. The Balaban J connectivity index is 2.51. The van der Waals surface area contributed by atoms with Crippen molar-refractivity contribution in [3.8, 4) is 0 Å². The van der Waals surface area contributed by atoms with Crippen LogP contribution in [0.1, 0.15) is 76.3 Å². The van der Waals surface area contributed by atoms with Gasteiger partial charge in [0.25, 0.3) is 0 Å². The molecule has 0 N–H and O–H groups in total. The number of alkyl halides is 1. The molecule has 0 aliphatic rings. The van der Waals surface area contributed by atoms with Gasteiger partial charge in [-0.15, -0.1) is 11.6 Å². The summed E-state index contributed by atoms with van der Waals surface area (Å²) in [4.78, 5) is 0. The number of hydrogen-bond acceptors (Lipinski definition) is 0. The zero-order valence-electron chi connectivity index (χ0n) is 12.3. The number of benzene rings is 1. The number of hydrogen-bond donors (Lipinski definition) is 0. The maximum absolute atomic E-state index is 6.45. The Morgan fingerprint density at radius 2 is 1.61 bits per heavy atom. The third kappa shape index (κ3) is 5.02. The minimum absolute atomic E-state index is 0.177. The van der Waals surface area contributed by atoms with Gasteiger partial charge in [0.2, 0.25) is 0 Å². The molecule has 1 aromatic carbocycles. The van der Waals surface area contributed by atoms with E-state index < -0.39 is 0 Å². The van der Waals surface area contributed by atoms with Gasteiger partial charge in [-0.25, -0.2) is 0 Å². The molecule has 1 heteroatoms. The second-order valence-electron chi connectivity index (χ2n) is 6.19. The van der Waals surface area contributed by atoms with E-state index in [2.05, 4.69) is 52.0 Å². The summed E-state index contributed by atoms with van der Waals surface area (Å²) in [5.41, 5.74) is 2.86. The highest BCUT2D eigenvalue weighted by Crippen LogP contribution is 2.29. The molecule has 1 atom stereocenters. The first kappa shape index (κ1) is 15.6. The average molecular weight is 267 g/mol. The number of unbranched alkanes of at least 4 members (excludes halogenated alkanes) is 3. The van der Waals surface area contributed by atoms with Crippen molar-refractivity contribution in [1.82, 2.24) is 0 Å². The predicted octanol–water partition coefficient (Wildman–Crippen LogP) is 6.23. The van der Waals surface area contributed by atoms with Gasteiger partial charge in [0, 0.05) is 0 Å². The fourth-order valence-electron chi connectivity index (χ4n) is 2.11. The Hall–Kier alpha value is -0.490. The molecule has 0 amide bonds. The third-order valence-electron chi connectivity index (χ3n) is 3.45. The smallest absolute Gasteiger partial charge is 0.0585 e. The Bertz CT molecular complexity index is 332. The van der Waals surface area contributed by atoms with Crippen molar-refractivity contribution >= 4 is 11.6 Å². The Labute approximate surface area is 118 Å². The maximum atomic E-state index is 6.45. The largest absolute Gasteiger partial charge is 0.118 e. The predicted molar refractivity (Wildman–Crippen MR) is 82.5 cm³/mol. The fraction of sp³-hybridized carbons (Fsp3) is 0.647. The van der Waals surface area contributed by atoms with Crippen LogP contribution in [-0.2, 0) is 5.41 Å². The van der Waals surface area contributed by atoms with Crippen LogP contribution in [0.2, 0.25) is 0 Å². The van der Waals surface area contributed by atoms with E-state index in [0.29, 0.717) is 0 Å². The molecule has 0 radical (unpaired) electrons. The normalized spacial score (nSPS) is 13.6. The van der Waals surface area contributed by atoms with Crippen LogP contribution in [0.3, 0.4) is 0 Å². The Morgan fingerprint density at radius 1 is 1.00 bits per heavy atom. The van der Waals surface area contributed by atoms with E-state index >= 15 is 0 Å². The maximum Gasteiger partial charge on any atom is 0.0585 e. The molecule has 0 bridgehead atoms. The molecular weight excluding hydrogens is 240 g/mol. The van der Waals surface area contributed by atoms with Crippen LogP contribution in [0.5, 0.6) is 0 Å². The molecule has 0 saturated carbocycles. The summed E-state index contributed by atoms with van der Waals surface area (Å²) in [7, 11) is 0. The molecule has 1 rings (SSSR count). The van der Waals surface area contributed by atoms with Crippen LogP contribution in [-0.4, -0.2) is 0 Å². The minimum atomic E-state index is 0.177. The molecule has 0 saturated heterocycles. The summed E-state index contributed by atoms with van der Waals surface area (Å²) in [6.07, 6.45) is 6.25. The van der Waals surface area contributed by atoms with Crippen molar-refractivity contribution < 1.29 is 0 Å². The lowest BCUT2D eigenvalue weighted by Gasteiger charge is -2.20. The molecule has 0 spiro atoms. The molecule has 1 unspecified atom stereocenters. The summed E-state index contributed by atoms with van der Waals surface area (Å²) >= 11 is 6.45. The molecular formula is C17H27Cl. The molecule has 0 heterocycles. The summed E-state index contributed by atoms with van der Waals surface area (Å²) < 4.78 is 0. The van der Waals surface area contributed by atoms with Crippen molar-refractivity contribution in [1.29, 1.82) is 0 Å². The number of rotatable bonds is 6. The van der Waals surface area contributed by atoms with Gasteiger partial charge in [0.05, 0.1) is 5.38 Å². The lowest BCUT2D eigenvalue weighted by molar-refractivity contribution is 0.589. The summed E-state index contributed by atoms with van der Waals surface area (Å²) in [6.45, 7) is 8.96.